The molecule has 1 aromatic rings. The molecule has 1 nitrogen and oxygen atoms in total. The van der Waals surface area contributed by atoms with Gasteiger partial charge in [-0.2, -0.15) is 13.2 Å². The van der Waals surface area contributed by atoms with Gasteiger partial charge in [0.15, 0.2) is 0 Å². The maximum atomic E-state index is 12.8. The van der Waals surface area contributed by atoms with Crippen LogP contribution in [0.3, 0.4) is 0 Å². The number of rotatable bonds is 3. The summed E-state index contributed by atoms with van der Waals surface area (Å²) in [5.41, 5.74) is -0.723. The standard InChI is InChI=1S/C13H15F3O/c1-8(9-6-7-9)12(17)10-4-2-3-5-11(10)13(14,15)16/h2-5,8-9,12,17H,6-7H2,1H3. The molecule has 1 aliphatic rings. The zero-order chi connectivity index (χ0) is 12.6. The van der Waals surface area contributed by atoms with Crippen LogP contribution in [-0.4, -0.2) is 5.11 Å². The Bertz CT molecular complexity index is 396. The van der Waals surface area contributed by atoms with E-state index in [4.69, 9.17) is 0 Å². The van der Waals surface area contributed by atoms with Crippen molar-refractivity contribution >= 4 is 0 Å². The lowest BCUT2D eigenvalue weighted by molar-refractivity contribution is -0.139. The molecule has 0 bridgehead atoms. The third kappa shape index (κ3) is 2.63. The Kier molecular flexibility index (Phi) is 3.17. The molecule has 17 heavy (non-hydrogen) atoms. The molecule has 0 radical (unpaired) electrons. The van der Waals surface area contributed by atoms with E-state index < -0.39 is 17.8 Å². The maximum Gasteiger partial charge on any atom is 0.416 e. The third-order valence-corrected chi connectivity index (χ3v) is 3.45. The normalized spacial score (nSPS) is 20.1. The Morgan fingerprint density at radius 2 is 1.82 bits per heavy atom. The summed E-state index contributed by atoms with van der Waals surface area (Å²) in [6, 6.07) is 5.28. The van der Waals surface area contributed by atoms with Gasteiger partial charge < -0.3 is 5.11 Å². The minimum absolute atomic E-state index is 0.000556. The van der Waals surface area contributed by atoms with Gasteiger partial charge in [-0.15, -0.1) is 0 Å². The maximum absolute atomic E-state index is 12.8. The quantitative estimate of drug-likeness (QED) is 0.857. The van der Waals surface area contributed by atoms with Crippen LogP contribution in [-0.2, 0) is 6.18 Å². The zero-order valence-corrected chi connectivity index (χ0v) is 9.54. The summed E-state index contributed by atoms with van der Waals surface area (Å²) >= 11 is 0. The molecule has 1 N–H and O–H groups in total. The van der Waals surface area contributed by atoms with E-state index in [1.54, 1.807) is 0 Å². The van der Waals surface area contributed by atoms with Crippen LogP contribution in [0.2, 0.25) is 0 Å². The molecule has 94 valence electrons. The second-order valence-electron chi connectivity index (χ2n) is 4.73. The van der Waals surface area contributed by atoms with Gasteiger partial charge in [0.05, 0.1) is 11.7 Å². The molecule has 1 fully saturated rings. The van der Waals surface area contributed by atoms with E-state index in [0.29, 0.717) is 5.92 Å². The molecule has 0 aromatic heterocycles. The van der Waals surface area contributed by atoms with E-state index in [2.05, 4.69) is 0 Å². The molecule has 1 aliphatic carbocycles. The number of aliphatic hydroxyl groups is 1. The first kappa shape index (κ1) is 12.4. The van der Waals surface area contributed by atoms with Crippen LogP contribution in [0.1, 0.15) is 37.0 Å². The van der Waals surface area contributed by atoms with Gasteiger partial charge in [-0.3, -0.25) is 0 Å². The van der Waals surface area contributed by atoms with Crippen molar-refractivity contribution in [3.05, 3.63) is 35.4 Å². The van der Waals surface area contributed by atoms with E-state index >= 15 is 0 Å². The summed E-state index contributed by atoms with van der Waals surface area (Å²) in [5, 5.41) is 10.0. The Hall–Kier alpha value is -1.03. The van der Waals surface area contributed by atoms with Crippen molar-refractivity contribution in [2.75, 3.05) is 0 Å². The van der Waals surface area contributed by atoms with Gasteiger partial charge in [-0.1, -0.05) is 25.1 Å². The Morgan fingerprint density at radius 3 is 2.35 bits per heavy atom. The minimum atomic E-state index is -4.40. The molecule has 1 aromatic carbocycles. The van der Waals surface area contributed by atoms with Gasteiger partial charge in [-0.05, 0) is 36.3 Å². The summed E-state index contributed by atoms with van der Waals surface area (Å²) in [4.78, 5) is 0. The summed E-state index contributed by atoms with van der Waals surface area (Å²) in [7, 11) is 0. The molecule has 0 saturated heterocycles. The molecule has 0 heterocycles. The molecule has 4 heteroatoms. The number of benzene rings is 1. The third-order valence-electron chi connectivity index (χ3n) is 3.45. The highest BCUT2D eigenvalue weighted by atomic mass is 19.4. The van der Waals surface area contributed by atoms with Crippen molar-refractivity contribution < 1.29 is 18.3 Å². The zero-order valence-electron chi connectivity index (χ0n) is 9.54. The largest absolute Gasteiger partial charge is 0.416 e. The van der Waals surface area contributed by atoms with E-state index in [9.17, 15) is 18.3 Å². The fourth-order valence-corrected chi connectivity index (χ4v) is 2.18. The van der Waals surface area contributed by atoms with Crippen molar-refractivity contribution in [2.24, 2.45) is 11.8 Å². The Morgan fingerprint density at radius 1 is 1.24 bits per heavy atom. The molecule has 2 atom stereocenters. The molecule has 2 rings (SSSR count). The van der Waals surface area contributed by atoms with Crippen LogP contribution < -0.4 is 0 Å². The van der Waals surface area contributed by atoms with E-state index in [-0.39, 0.29) is 11.5 Å². The Balaban J connectivity index is 2.30. The number of hydrogen-bond acceptors (Lipinski definition) is 1. The first-order valence-electron chi connectivity index (χ1n) is 5.75. The van der Waals surface area contributed by atoms with Crippen molar-refractivity contribution in [2.45, 2.75) is 32.0 Å². The molecule has 0 amide bonds. The highest BCUT2D eigenvalue weighted by molar-refractivity contribution is 5.32. The van der Waals surface area contributed by atoms with Crippen LogP contribution in [0.4, 0.5) is 13.2 Å². The number of halogens is 3. The van der Waals surface area contributed by atoms with Gasteiger partial charge in [-0.25, -0.2) is 0 Å². The average molecular weight is 244 g/mol. The average Bonchev–Trinajstić information content (AvgIpc) is 3.10. The summed E-state index contributed by atoms with van der Waals surface area (Å²) in [6.07, 6.45) is -3.42. The Labute approximate surface area is 98.3 Å². The number of aliphatic hydroxyl groups excluding tert-OH is 1. The highest BCUT2D eigenvalue weighted by Gasteiger charge is 2.39. The van der Waals surface area contributed by atoms with E-state index in [1.807, 2.05) is 6.92 Å². The van der Waals surface area contributed by atoms with Crippen molar-refractivity contribution in [1.29, 1.82) is 0 Å². The topological polar surface area (TPSA) is 20.2 Å². The molecule has 1 saturated carbocycles. The van der Waals surface area contributed by atoms with Crippen LogP contribution in [0, 0.1) is 11.8 Å². The van der Waals surface area contributed by atoms with Gasteiger partial charge in [0, 0.05) is 0 Å². The molecular weight excluding hydrogens is 229 g/mol. The second-order valence-corrected chi connectivity index (χ2v) is 4.73. The van der Waals surface area contributed by atoms with E-state index in [1.165, 1.54) is 18.2 Å². The molecular formula is C13H15F3O. The summed E-state index contributed by atoms with van der Waals surface area (Å²) in [5.74, 6) is 0.254. The molecule has 0 spiro atoms. The smallest absolute Gasteiger partial charge is 0.388 e. The van der Waals surface area contributed by atoms with Crippen LogP contribution >= 0.6 is 0 Å². The number of hydrogen-bond donors (Lipinski definition) is 1. The van der Waals surface area contributed by atoms with Gasteiger partial charge in [0.2, 0.25) is 0 Å². The predicted octanol–water partition coefficient (Wildman–Crippen LogP) is 3.78. The minimum Gasteiger partial charge on any atom is -0.388 e. The second kappa shape index (κ2) is 4.33. The van der Waals surface area contributed by atoms with Crippen molar-refractivity contribution in [3.63, 3.8) is 0 Å². The highest BCUT2D eigenvalue weighted by Crippen LogP contribution is 2.44. The van der Waals surface area contributed by atoms with Crippen molar-refractivity contribution in [1.82, 2.24) is 0 Å². The lowest BCUT2D eigenvalue weighted by Crippen LogP contribution is -2.17. The predicted molar refractivity (Wildman–Crippen MR) is 58.3 cm³/mol. The molecule has 0 aliphatic heterocycles. The summed E-state index contributed by atoms with van der Waals surface area (Å²) in [6.45, 7) is 1.81. The lowest BCUT2D eigenvalue weighted by Gasteiger charge is -2.22. The first-order valence-corrected chi connectivity index (χ1v) is 5.75. The monoisotopic (exact) mass is 244 g/mol. The fraction of sp³-hybridized carbons (Fsp3) is 0.538. The van der Waals surface area contributed by atoms with Gasteiger partial charge in [0.1, 0.15) is 0 Å². The molecule has 2 unspecified atom stereocenters. The first-order chi connectivity index (χ1) is 7.91. The fourth-order valence-electron chi connectivity index (χ4n) is 2.18. The van der Waals surface area contributed by atoms with Crippen LogP contribution in [0.15, 0.2) is 24.3 Å². The van der Waals surface area contributed by atoms with E-state index in [0.717, 1.165) is 18.9 Å². The van der Waals surface area contributed by atoms with Crippen LogP contribution in [0.5, 0.6) is 0 Å². The number of alkyl halides is 3. The lowest BCUT2D eigenvalue weighted by atomic mass is 9.90. The van der Waals surface area contributed by atoms with Gasteiger partial charge in [0.25, 0.3) is 0 Å². The van der Waals surface area contributed by atoms with Crippen LogP contribution in [0.25, 0.3) is 0 Å². The summed E-state index contributed by atoms with van der Waals surface area (Å²) < 4.78 is 38.3. The van der Waals surface area contributed by atoms with Gasteiger partial charge >= 0.3 is 6.18 Å². The van der Waals surface area contributed by atoms with Crippen molar-refractivity contribution in [3.8, 4) is 0 Å². The SMILES string of the molecule is CC(C1CC1)C(O)c1ccccc1C(F)(F)F.